The SMILES string of the molecule is COc1ccc(C#N)cc1-c1ccc([C]=O)cc1. The van der Waals surface area contributed by atoms with Crippen molar-refractivity contribution in [3.63, 3.8) is 0 Å². The summed E-state index contributed by atoms with van der Waals surface area (Å²) in [7, 11) is 1.58. The van der Waals surface area contributed by atoms with Gasteiger partial charge in [0.05, 0.1) is 18.7 Å². The van der Waals surface area contributed by atoms with Crippen molar-refractivity contribution in [1.82, 2.24) is 0 Å². The third-order valence-electron chi connectivity index (χ3n) is 2.64. The van der Waals surface area contributed by atoms with Crippen LogP contribution >= 0.6 is 0 Å². The number of ether oxygens (including phenoxy) is 1. The maximum absolute atomic E-state index is 10.5. The summed E-state index contributed by atoms with van der Waals surface area (Å²) in [6.07, 6.45) is 1.82. The molecule has 0 saturated carbocycles. The number of benzene rings is 2. The van der Waals surface area contributed by atoms with Gasteiger partial charge in [-0.1, -0.05) is 24.3 Å². The van der Waals surface area contributed by atoms with Crippen LogP contribution in [0, 0.1) is 11.3 Å². The Labute approximate surface area is 105 Å². The molecule has 0 aliphatic heterocycles. The van der Waals surface area contributed by atoms with Crippen LogP contribution in [0.25, 0.3) is 11.1 Å². The monoisotopic (exact) mass is 236 g/mol. The molecule has 87 valence electrons. The standard InChI is InChI=1S/C15H10NO2/c1-18-15-7-4-12(9-16)8-14(15)13-5-2-11(10-17)3-6-13/h2-8H,1H3. The molecule has 2 aromatic rings. The Morgan fingerprint density at radius 1 is 1.06 bits per heavy atom. The first kappa shape index (κ1) is 11.9. The van der Waals surface area contributed by atoms with E-state index >= 15 is 0 Å². The highest BCUT2D eigenvalue weighted by molar-refractivity contribution is 5.79. The molecule has 2 rings (SSSR count). The van der Waals surface area contributed by atoms with Crippen LogP contribution in [0.3, 0.4) is 0 Å². The van der Waals surface area contributed by atoms with Gasteiger partial charge in [-0.3, -0.25) is 4.79 Å². The summed E-state index contributed by atoms with van der Waals surface area (Å²) in [5.41, 5.74) is 2.78. The third-order valence-corrected chi connectivity index (χ3v) is 2.64. The zero-order chi connectivity index (χ0) is 13.0. The summed E-state index contributed by atoms with van der Waals surface area (Å²) in [4.78, 5) is 10.5. The first-order valence-electron chi connectivity index (χ1n) is 5.35. The molecule has 0 unspecified atom stereocenters. The van der Waals surface area contributed by atoms with Crippen LogP contribution in [0.15, 0.2) is 42.5 Å². The van der Waals surface area contributed by atoms with Crippen LogP contribution in [0.2, 0.25) is 0 Å². The van der Waals surface area contributed by atoms with Gasteiger partial charge in [-0.05, 0) is 23.8 Å². The molecule has 0 N–H and O–H groups in total. The highest BCUT2D eigenvalue weighted by Crippen LogP contribution is 2.30. The molecule has 0 aliphatic rings. The molecule has 2 aromatic carbocycles. The van der Waals surface area contributed by atoms with Gasteiger partial charge in [-0.15, -0.1) is 0 Å². The second kappa shape index (κ2) is 5.15. The summed E-state index contributed by atoms with van der Waals surface area (Å²) in [6.45, 7) is 0. The van der Waals surface area contributed by atoms with Crippen LogP contribution in [-0.4, -0.2) is 13.4 Å². The lowest BCUT2D eigenvalue weighted by atomic mass is 10.0. The Morgan fingerprint density at radius 3 is 2.28 bits per heavy atom. The largest absolute Gasteiger partial charge is 0.496 e. The van der Waals surface area contributed by atoms with Gasteiger partial charge < -0.3 is 4.74 Å². The molecule has 0 saturated heterocycles. The molecule has 18 heavy (non-hydrogen) atoms. The van der Waals surface area contributed by atoms with Gasteiger partial charge in [0.1, 0.15) is 5.75 Å². The minimum atomic E-state index is 0.495. The van der Waals surface area contributed by atoms with Gasteiger partial charge in [0, 0.05) is 11.1 Å². The van der Waals surface area contributed by atoms with E-state index in [4.69, 9.17) is 10.00 Å². The molecule has 0 aliphatic carbocycles. The minimum absolute atomic E-state index is 0.495. The summed E-state index contributed by atoms with van der Waals surface area (Å²) < 4.78 is 5.27. The maximum atomic E-state index is 10.5. The lowest BCUT2D eigenvalue weighted by Gasteiger charge is -2.09. The molecule has 0 heterocycles. The molecular weight excluding hydrogens is 226 g/mol. The van der Waals surface area contributed by atoms with E-state index in [0.29, 0.717) is 16.9 Å². The molecule has 3 heteroatoms. The van der Waals surface area contributed by atoms with E-state index in [1.54, 1.807) is 49.6 Å². The van der Waals surface area contributed by atoms with E-state index in [-0.39, 0.29) is 0 Å². The van der Waals surface area contributed by atoms with Gasteiger partial charge in [0.15, 0.2) is 0 Å². The smallest absolute Gasteiger partial charge is 0.233 e. The predicted molar refractivity (Wildman–Crippen MR) is 67.9 cm³/mol. The molecule has 0 fully saturated rings. The van der Waals surface area contributed by atoms with E-state index < -0.39 is 0 Å². The zero-order valence-electron chi connectivity index (χ0n) is 9.81. The molecule has 0 amide bonds. The lowest BCUT2D eigenvalue weighted by molar-refractivity contribution is 0.416. The first-order valence-corrected chi connectivity index (χ1v) is 5.35. The fourth-order valence-electron chi connectivity index (χ4n) is 1.72. The van der Waals surface area contributed by atoms with Crippen molar-refractivity contribution in [3.8, 4) is 22.9 Å². The van der Waals surface area contributed by atoms with E-state index in [0.717, 1.165) is 11.1 Å². The molecule has 0 bridgehead atoms. The van der Waals surface area contributed by atoms with Crippen LogP contribution in [-0.2, 0) is 4.79 Å². The number of nitriles is 1. The van der Waals surface area contributed by atoms with Crippen molar-refractivity contribution < 1.29 is 9.53 Å². The number of nitrogens with zero attached hydrogens (tertiary/aromatic N) is 1. The Hall–Kier alpha value is -2.60. The van der Waals surface area contributed by atoms with Crippen LogP contribution in [0.5, 0.6) is 5.75 Å². The van der Waals surface area contributed by atoms with Crippen molar-refractivity contribution in [2.24, 2.45) is 0 Å². The van der Waals surface area contributed by atoms with Gasteiger partial charge in [0.25, 0.3) is 0 Å². The van der Waals surface area contributed by atoms with Crippen molar-refractivity contribution in [2.75, 3.05) is 7.11 Å². The van der Waals surface area contributed by atoms with E-state index in [9.17, 15) is 4.79 Å². The number of methoxy groups -OCH3 is 1. The zero-order valence-corrected chi connectivity index (χ0v) is 9.81. The average molecular weight is 236 g/mol. The Balaban J connectivity index is 2.53. The number of rotatable bonds is 3. The maximum Gasteiger partial charge on any atom is 0.233 e. The number of carbonyl (C=O) groups excluding carboxylic acids is 1. The summed E-state index contributed by atoms with van der Waals surface area (Å²) in [5, 5.41) is 8.91. The summed E-state index contributed by atoms with van der Waals surface area (Å²) >= 11 is 0. The Bertz CT molecular complexity index is 609. The van der Waals surface area contributed by atoms with Gasteiger partial charge >= 0.3 is 0 Å². The fourth-order valence-corrected chi connectivity index (χ4v) is 1.72. The van der Waals surface area contributed by atoms with E-state index in [1.165, 1.54) is 0 Å². The molecule has 3 nitrogen and oxygen atoms in total. The van der Waals surface area contributed by atoms with Gasteiger partial charge in [0.2, 0.25) is 6.29 Å². The summed E-state index contributed by atoms with van der Waals surface area (Å²) in [5.74, 6) is 0.692. The highest BCUT2D eigenvalue weighted by Gasteiger charge is 2.07. The third kappa shape index (κ3) is 2.23. The van der Waals surface area contributed by atoms with Crippen molar-refractivity contribution in [1.29, 1.82) is 5.26 Å². The topological polar surface area (TPSA) is 50.1 Å². The Kier molecular flexibility index (Phi) is 3.40. The van der Waals surface area contributed by atoms with Crippen LogP contribution in [0.1, 0.15) is 11.1 Å². The molecule has 0 atom stereocenters. The molecule has 1 radical (unpaired) electrons. The van der Waals surface area contributed by atoms with Crippen molar-refractivity contribution >= 4 is 6.29 Å². The van der Waals surface area contributed by atoms with E-state index in [1.807, 2.05) is 6.29 Å². The second-order valence-corrected chi connectivity index (χ2v) is 3.71. The van der Waals surface area contributed by atoms with Gasteiger partial charge in [-0.2, -0.15) is 5.26 Å². The first-order chi connectivity index (χ1) is 8.78. The fraction of sp³-hybridized carbons (Fsp3) is 0.0667. The quantitative estimate of drug-likeness (QED) is 0.823. The molecule has 0 aromatic heterocycles. The average Bonchev–Trinajstić information content (AvgIpc) is 2.46. The lowest BCUT2D eigenvalue weighted by Crippen LogP contribution is -1.89. The molecule has 0 spiro atoms. The molecular formula is C15H10NO2. The number of hydrogen-bond donors (Lipinski definition) is 0. The highest BCUT2D eigenvalue weighted by atomic mass is 16.5. The van der Waals surface area contributed by atoms with Crippen LogP contribution < -0.4 is 4.74 Å². The van der Waals surface area contributed by atoms with Crippen LogP contribution in [0.4, 0.5) is 0 Å². The number of hydrogen-bond acceptors (Lipinski definition) is 3. The Morgan fingerprint density at radius 2 is 1.72 bits per heavy atom. The van der Waals surface area contributed by atoms with E-state index in [2.05, 4.69) is 6.07 Å². The van der Waals surface area contributed by atoms with Crippen molar-refractivity contribution in [3.05, 3.63) is 53.6 Å². The van der Waals surface area contributed by atoms with Gasteiger partial charge in [-0.25, -0.2) is 0 Å². The second-order valence-electron chi connectivity index (χ2n) is 3.71. The van der Waals surface area contributed by atoms with Crippen molar-refractivity contribution in [2.45, 2.75) is 0 Å². The minimum Gasteiger partial charge on any atom is -0.496 e. The summed E-state index contributed by atoms with van der Waals surface area (Å²) in [6, 6.07) is 14.3. The predicted octanol–water partition coefficient (Wildman–Crippen LogP) is 2.69. The normalized spacial score (nSPS) is 9.56.